The maximum Gasteiger partial charge on any atom is 0.254 e. The molecule has 6 nitrogen and oxygen atoms in total. The first-order valence-corrected chi connectivity index (χ1v) is 6.20. The average Bonchev–Trinajstić information content (AvgIpc) is 2.90. The summed E-state index contributed by atoms with van der Waals surface area (Å²) in [7, 11) is 1.73. The lowest BCUT2D eigenvalue weighted by atomic mass is 10.2. The van der Waals surface area contributed by atoms with Crippen LogP contribution < -0.4 is 11.3 Å². The van der Waals surface area contributed by atoms with Gasteiger partial charge in [-0.05, 0) is 12.1 Å². The van der Waals surface area contributed by atoms with Crippen molar-refractivity contribution in [2.75, 3.05) is 12.5 Å². The summed E-state index contributed by atoms with van der Waals surface area (Å²) in [5.41, 5.74) is 5.58. The highest BCUT2D eigenvalue weighted by Crippen LogP contribution is 2.10. The number of nitrogens with one attached hydrogen (secondary N) is 1. The highest BCUT2D eigenvalue weighted by Gasteiger charge is 2.13. The van der Waals surface area contributed by atoms with Crippen LogP contribution in [0.4, 0.5) is 5.82 Å². The largest absolute Gasteiger partial charge is 0.336 e. The van der Waals surface area contributed by atoms with E-state index < -0.39 is 0 Å². The quantitative estimate of drug-likeness (QED) is 0.637. The average molecular weight is 263 g/mol. The van der Waals surface area contributed by atoms with E-state index in [4.69, 9.17) is 5.84 Å². The van der Waals surface area contributed by atoms with Gasteiger partial charge in [0, 0.05) is 24.2 Å². The van der Waals surface area contributed by atoms with Crippen LogP contribution in [0.1, 0.15) is 16.1 Å². The number of hydrazine groups is 1. The molecule has 0 saturated carbocycles. The Morgan fingerprint density at radius 3 is 3.06 bits per heavy atom. The lowest BCUT2D eigenvalue weighted by Crippen LogP contribution is -2.26. The van der Waals surface area contributed by atoms with E-state index in [-0.39, 0.29) is 5.91 Å². The highest BCUT2D eigenvalue weighted by atomic mass is 32.1. The molecule has 0 saturated heterocycles. The highest BCUT2D eigenvalue weighted by molar-refractivity contribution is 7.07. The predicted octanol–water partition coefficient (Wildman–Crippen LogP) is 1.10. The Labute approximate surface area is 108 Å². The van der Waals surface area contributed by atoms with Crippen LogP contribution in [0.2, 0.25) is 0 Å². The van der Waals surface area contributed by atoms with Gasteiger partial charge in [0.15, 0.2) is 0 Å². The van der Waals surface area contributed by atoms with Crippen molar-refractivity contribution < 1.29 is 4.79 Å². The summed E-state index contributed by atoms with van der Waals surface area (Å²) in [4.78, 5) is 21.8. The molecule has 2 aromatic rings. The Hall–Kier alpha value is -1.99. The topological polar surface area (TPSA) is 84.1 Å². The fourth-order valence-corrected chi connectivity index (χ4v) is 2.04. The molecule has 18 heavy (non-hydrogen) atoms. The molecule has 0 aliphatic rings. The Kier molecular flexibility index (Phi) is 3.85. The van der Waals surface area contributed by atoms with Crippen LogP contribution in [-0.2, 0) is 6.54 Å². The van der Waals surface area contributed by atoms with Crippen molar-refractivity contribution in [3.63, 3.8) is 0 Å². The van der Waals surface area contributed by atoms with Crippen LogP contribution >= 0.6 is 11.3 Å². The van der Waals surface area contributed by atoms with E-state index in [1.165, 1.54) is 11.3 Å². The van der Waals surface area contributed by atoms with Gasteiger partial charge in [0.1, 0.15) is 5.82 Å². The molecule has 2 heterocycles. The summed E-state index contributed by atoms with van der Waals surface area (Å²) in [5, 5.41) is 1.92. The number of aromatic nitrogens is 2. The van der Waals surface area contributed by atoms with Crippen LogP contribution in [0, 0.1) is 0 Å². The van der Waals surface area contributed by atoms with Gasteiger partial charge in [-0.2, -0.15) is 0 Å². The first-order chi connectivity index (χ1) is 8.70. The minimum absolute atomic E-state index is 0.0955. The molecule has 0 atom stereocenters. The summed E-state index contributed by atoms with van der Waals surface area (Å²) in [6, 6.07) is 3.26. The molecule has 1 amide bonds. The first kappa shape index (κ1) is 12.5. The minimum atomic E-state index is -0.0955. The number of nitrogens with zero attached hydrogens (tertiary/aromatic N) is 3. The Balaban J connectivity index is 2.10. The number of carbonyl (C=O) groups is 1. The SMILES string of the molecule is CN(Cc1cscn1)C(=O)c1ccnc(NN)c1. The van der Waals surface area contributed by atoms with Crippen molar-refractivity contribution in [1.82, 2.24) is 14.9 Å². The zero-order chi connectivity index (χ0) is 13.0. The lowest BCUT2D eigenvalue weighted by molar-refractivity contribution is 0.0783. The molecule has 2 aromatic heterocycles. The molecule has 0 bridgehead atoms. The smallest absolute Gasteiger partial charge is 0.254 e. The number of nitrogens with two attached hydrogens (primary N) is 1. The molecule has 2 rings (SSSR count). The van der Waals surface area contributed by atoms with Crippen molar-refractivity contribution in [3.05, 3.63) is 40.5 Å². The maximum absolute atomic E-state index is 12.1. The summed E-state index contributed by atoms with van der Waals surface area (Å²) in [6.45, 7) is 0.482. The maximum atomic E-state index is 12.1. The molecule has 0 radical (unpaired) electrons. The van der Waals surface area contributed by atoms with Crippen LogP contribution in [0.15, 0.2) is 29.2 Å². The Morgan fingerprint density at radius 2 is 2.39 bits per heavy atom. The summed E-state index contributed by atoms with van der Waals surface area (Å²) >= 11 is 1.51. The number of nitrogen functional groups attached to an aromatic ring is 1. The molecule has 0 aromatic carbocycles. The van der Waals surface area contributed by atoms with Crippen LogP contribution in [0.5, 0.6) is 0 Å². The zero-order valence-electron chi connectivity index (χ0n) is 9.83. The molecule has 3 N–H and O–H groups in total. The fraction of sp³-hybridized carbons (Fsp3) is 0.182. The molecule has 7 heteroatoms. The number of carbonyl (C=O) groups excluding carboxylic acids is 1. The molecule has 0 aliphatic carbocycles. The van der Waals surface area contributed by atoms with Gasteiger partial charge in [0.05, 0.1) is 17.7 Å². The summed E-state index contributed by atoms with van der Waals surface area (Å²) < 4.78 is 0. The van der Waals surface area contributed by atoms with Gasteiger partial charge in [-0.15, -0.1) is 11.3 Å². The third-order valence-corrected chi connectivity index (χ3v) is 3.02. The Morgan fingerprint density at radius 1 is 1.56 bits per heavy atom. The van der Waals surface area contributed by atoms with Gasteiger partial charge in [-0.3, -0.25) is 4.79 Å². The molecule has 0 aliphatic heterocycles. The molecule has 0 unspecified atom stereocenters. The minimum Gasteiger partial charge on any atom is -0.336 e. The van der Waals surface area contributed by atoms with E-state index >= 15 is 0 Å². The number of rotatable bonds is 4. The molecule has 94 valence electrons. The predicted molar refractivity (Wildman–Crippen MR) is 70.0 cm³/mol. The summed E-state index contributed by atoms with van der Waals surface area (Å²) in [5.74, 6) is 5.62. The third kappa shape index (κ3) is 2.82. The van der Waals surface area contributed by atoms with E-state index in [1.54, 1.807) is 35.8 Å². The van der Waals surface area contributed by atoms with Gasteiger partial charge in [-0.1, -0.05) is 0 Å². The molecule has 0 spiro atoms. The van der Waals surface area contributed by atoms with Crippen LogP contribution in [0.3, 0.4) is 0 Å². The molecular weight excluding hydrogens is 250 g/mol. The zero-order valence-corrected chi connectivity index (χ0v) is 10.6. The summed E-state index contributed by atoms with van der Waals surface area (Å²) in [6.07, 6.45) is 1.54. The van der Waals surface area contributed by atoms with Crippen molar-refractivity contribution in [2.45, 2.75) is 6.54 Å². The number of anilines is 1. The number of pyridine rings is 1. The second-order valence-corrected chi connectivity index (χ2v) is 4.43. The third-order valence-electron chi connectivity index (χ3n) is 2.38. The Bertz CT molecular complexity index is 528. The lowest BCUT2D eigenvalue weighted by Gasteiger charge is -2.16. The monoisotopic (exact) mass is 263 g/mol. The number of amides is 1. The van der Waals surface area contributed by atoms with E-state index in [0.29, 0.717) is 17.9 Å². The number of hydrogen-bond donors (Lipinski definition) is 2. The fourth-order valence-electron chi connectivity index (χ4n) is 1.49. The number of hydrogen-bond acceptors (Lipinski definition) is 6. The van der Waals surface area contributed by atoms with E-state index in [1.807, 2.05) is 5.38 Å². The van der Waals surface area contributed by atoms with Crippen molar-refractivity contribution in [2.24, 2.45) is 5.84 Å². The van der Waals surface area contributed by atoms with Crippen molar-refractivity contribution >= 4 is 23.1 Å². The van der Waals surface area contributed by atoms with Gasteiger partial charge >= 0.3 is 0 Å². The molecule has 0 fully saturated rings. The van der Waals surface area contributed by atoms with Crippen LogP contribution in [0.25, 0.3) is 0 Å². The van der Waals surface area contributed by atoms with E-state index in [9.17, 15) is 4.79 Å². The number of thiazole rings is 1. The van der Waals surface area contributed by atoms with E-state index in [2.05, 4.69) is 15.4 Å². The second-order valence-electron chi connectivity index (χ2n) is 3.72. The van der Waals surface area contributed by atoms with Crippen LogP contribution in [-0.4, -0.2) is 27.8 Å². The second kappa shape index (κ2) is 5.56. The van der Waals surface area contributed by atoms with Crippen molar-refractivity contribution in [3.8, 4) is 0 Å². The van der Waals surface area contributed by atoms with Crippen molar-refractivity contribution in [1.29, 1.82) is 0 Å². The molecular formula is C11H13N5OS. The van der Waals surface area contributed by atoms with Gasteiger partial charge in [-0.25, -0.2) is 15.8 Å². The van der Waals surface area contributed by atoms with Gasteiger partial charge in [0.25, 0.3) is 5.91 Å². The van der Waals surface area contributed by atoms with Gasteiger partial charge in [0.2, 0.25) is 0 Å². The standard InChI is InChI=1S/C11H13N5OS/c1-16(5-9-6-18-7-14-9)11(17)8-2-3-13-10(4-8)15-12/h2-4,6-7H,5,12H2,1H3,(H,13,15). The first-order valence-electron chi connectivity index (χ1n) is 5.26. The normalized spacial score (nSPS) is 10.1. The van der Waals surface area contributed by atoms with Gasteiger partial charge < -0.3 is 10.3 Å². The van der Waals surface area contributed by atoms with E-state index in [0.717, 1.165) is 5.69 Å².